The highest BCUT2D eigenvalue weighted by molar-refractivity contribution is 6.12. The lowest BCUT2D eigenvalue weighted by atomic mass is 9.85. The smallest absolute Gasteiger partial charge is 0.410 e. The number of carbonyl (C=O) groups excluding carboxylic acids is 11. The number of primary amides is 1. The lowest BCUT2D eigenvalue weighted by Gasteiger charge is -2.41. The lowest BCUT2D eigenvalue weighted by molar-refractivity contribution is -0.162. The number of methoxy groups -OCH3 is 2. The molecule has 0 unspecified atom stereocenters. The molecular formula is C75H115F3N10O15. The second kappa shape index (κ2) is 42.8. The fraction of sp³-hybridized carbons (Fsp3) is 0.667. The number of ether oxygens (including phenoxy) is 3. The summed E-state index contributed by atoms with van der Waals surface area (Å²) in [5.74, 6) is -6.61. The van der Waals surface area contributed by atoms with Crippen molar-refractivity contribution < 1.29 is 85.2 Å². The molecule has 8 N–H and O–H groups in total. The Hall–Kier alpha value is -7.82. The van der Waals surface area contributed by atoms with Crippen LogP contribution in [0, 0.1) is 35.5 Å². The number of hydrogen-bond acceptors (Lipinski definition) is 16. The van der Waals surface area contributed by atoms with E-state index in [4.69, 9.17) is 19.9 Å². The first-order valence-electron chi connectivity index (χ1n) is 36.2. The average molecular weight is 1450 g/mol. The summed E-state index contributed by atoms with van der Waals surface area (Å²) in [6.07, 6.45) is -2.91. The van der Waals surface area contributed by atoms with Crippen LogP contribution in [0.3, 0.4) is 0 Å². The van der Waals surface area contributed by atoms with Crippen molar-refractivity contribution in [3.63, 3.8) is 0 Å². The molecule has 2 aliphatic heterocycles. The van der Waals surface area contributed by atoms with Gasteiger partial charge in [-0.2, -0.15) is 13.2 Å². The Morgan fingerprint density at radius 1 is 0.699 bits per heavy atom. The minimum Gasteiger partial charge on any atom is -0.445 e. The SMILES string of the molecule is CC[C@H](C)[C@@H]([C@@H](CC(=O)N1CCC[C@H]1[C@H](OC)[C@@H](C)C(=O)C[C@H](C)[C@@H](O)c1ccccc1)OC)N(C)C(=O)[C@@H](NC(=O)[C@H](C(C)C)N(C)C(=O)OCc1ccc(CC(=O)CCCNC(=O)[C@H](CCCNC(N)=O)NC(=O)[C@@H](N[C@@H](CCCCCN2C(=O)C=CC2=O)C(F)(F)F)C(C)C)cc1)C(C)C. The van der Waals surface area contributed by atoms with E-state index >= 15 is 0 Å². The molecule has 2 aromatic rings. The maximum absolute atomic E-state index is 14.8. The van der Waals surface area contributed by atoms with E-state index in [9.17, 15) is 71.0 Å². The average Bonchev–Trinajstić information content (AvgIpc) is 1.55. The maximum Gasteiger partial charge on any atom is 0.410 e. The minimum atomic E-state index is -4.75. The Morgan fingerprint density at radius 3 is 1.89 bits per heavy atom. The lowest BCUT2D eigenvalue weighted by Crippen LogP contribution is -2.60. The van der Waals surface area contributed by atoms with Crippen molar-refractivity contribution in [3.05, 3.63) is 83.4 Å². The van der Waals surface area contributed by atoms with Gasteiger partial charge in [0.15, 0.2) is 0 Å². The van der Waals surface area contributed by atoms with Crippen LogP contribution in [-0.2, 0) is 70.4 Å². The molecule has 0 saturated carbocycles. The molecule has 1 fully saturated rings. The van der Waals surface area contributed by atoms with Crippen molar-refractivity contribution in [3.8, 4) is 0 Å². The number of imide groups is 1. The van der Waals surface area contributed by atoms with Crippen LogP contribution in [0.25, 0.3) is 0 Å². The van der Waals surface area contributed by atoms with Crippen molar-refractivity contribution in [1.82, 2.24) is 46.2 Å². The molecule has 0 radical (unpaired) electrons. The highest BCUT2D eigenvalue weighted by Crippen LogP contribution is 2.33. The summed E-state index contributed by atoms with van der Waals surface area (Å²) < 4.78 is 60.9. The Kier molecular flexibility index (Phi) is 36.4. The van der Waals surface area contributed by atoms with E-state index in [0.717, 1.165) is 22.6 Å². The Bertz CT molecular complexity index is 3120. The molecule has 0 aromatic heterocycles. The molecule has 2 aromatic carbocycles. The number of hydrogen-bond donors (Lipinski definition) is 7. The number of nitrogens with zero attached hydrogens (tertiary/aromatic N) is 4. The predicted octanol–water partition coefficient (Wildman–Crippen LogP) is 7.64. The van der Waals surface area contributed by atoms with Gasteiger partial charge in [-0.05, 0) is 91.2 Å². The highest BCUT2D eigenvalue weighted by atomic mass is 19.4. The summed E-state index contributed by atoms with van der Waals surface area (Å²) in [7, 11) is 6.11. The first kappa shape index (κ1) is 87.6. The molecule has 25 nitrogen and oxygen atoms in total. The van der Waals surface area contributed by atoms with Crippen molar-refractivity contribution in [2.45, 2.75) is 233 Å². The zero-order valence-electron chi connectivity index (χ0n) is 62.7. The number of likely N-dealkylation sites (N-methyl/N-ethyl adjacent to an activating group) is 2. The number of likely N-dealkylation sites (tertiary alicyclic amines) is 1. The van der Waals surface area contributed by atoms with Gasteiger partial charge in [-0.1, -0.05) is 143 Å². The monoisotopic (exact) mass is 1450 g/mol. The number of ketones is 2. The number of halogens is 3. The first-order chi connectivity index (χ1) is 48.6. The third-order valence-electron chi connectivity index (χ3n) is 19.7. The zero-order valence-corrected chi connectivity index (χ0v) is 62.7. The highest BCUT2D eigenvalue weighted by Gasteiger charge is 2.45. The summed E-state index contributed by atoms with van der Waals surface area (Å²) in [5, 5.41) is 24.1. The quantitative estimate of drug-likeness (QED) is 0.0247. The second-order valence-electron chi connectivity index (χ2n) is 28.6. The van der Waals surface area contributed by atoms with Gasteiger partial charge in [-0.15, -0.1) is 0 Å². The van der Waals surface area contributed by atoms with E-state index in [1.165, 1.54) is 26.2 Å². The van der Waals surface area contributed by atoms with Crippen LogP contribution >= 0.6 is 0 Å². The minimum absolute atomic E-state index is 0.00904. The Balaban J connectivity index is 1.31. The molecule has 4 rings (SSSR count). The molecule has 576 valence electrons. The normalized spacial score (nSPS) is 17.5. The predicted molar refractivity (Wildman–Crippen MR) is 382 cm³/mol. The van der Waals surface area contributed by atoms with Crippen LogP contribution in [0.4, 0.5) is 22.8 Å². The van der Waals surface area contributed by atoms with Crippen LogP contribution in [0.5, 0.6) is 0 Å². The molecule has 13 atom stereocenters. The fourth-order valence-corrected chi connectivity index (χ4v) is 13.5. The van der Waals surface area contributed by atoms with Crippen molar-refractivity contribution in [2.24, 2.45) is 41.2 Å². The largest absolute Gasteiger partial charge is 0.445 e. The number of aliphatic hydroxyl groups excluding tert-OH is 1. The number of Topliss-reactive ketones (excluding diaryl/α,β-unsaturated/α-hetero) is 2. The van der Waals surface area contributed by atoms with Crippen molar-refractivity contribution >= 4 is 65.0 Å². The first-order valence-corrected chi connectivity index (χ1v) is 36.2. The number of carbonyl (C=O) groups is 11. The summed E-state index contributed by atoms with van der Waals surface area (Å²) in [6.45, 7) is 18.2. The molecule has 10 amide bonds. The number of aliphatic hydroxyl groups is 1. The van der Waals surface area contributed by atoms with Gasteiger partial charge in [0.1, 0.15) is 42.3 Å². The van der Waals surface area contributed by atoms with Crippen molar-refractivity contribution in [2.75, 3.05) is 54.5 Å². The summed E-state index contributed by atoms with van der Waals surface area (Å²) in [5.41, 5.74) is 7.14. The molecular weight excluding hydrogens is 1340 g/mol. The van der Waals surface area contributed by atoms with Gasteiger partial charge in [0.25, 0.3) is 11.8 Å². The number of urea groups is 1. The number of benzene rings is 2. The van der Waals surface area contributed by atoms with Crippen LogP contribution in [0.15, 0.2) is 66.7 Å². The summed E-state index contributed by atoms with van der Waals surface area (Å²) in [4.78, 5) is 152. The maximum atomic E-state index is 14.8. The van der Waals surface area contributed by atoms with Gasteiger partial charge < -0.3 is 56.1 Å². The van der Waals surface area contributed by atoms with Crippen LogP contribution in [0.2, 0.25) is 0 Å². The topological polar surface area (TPSA) is 335 Å². The summed E-state index contributed by atoms with van der Waals surface area (Å²) in [6, 6.07) is 7.27. The molecule has 103 heavy (non-hydrogen) atoms. The van der Waals surface area contributed by atoms with Crippen LogP contribution in [-0.4, -0.2) is 205 Å². The number of alkyl halides is 3. The van der Waals surface area contributed by atoms with Gasteiger partial charge >= 0.3 is 18.3 Å². The van der Waals surface area contributed by atoms with E-state index in [2.05, 4.69) is 26.6 Å². The molecule has 0 bridgehead atoms. The zero-order chi connectivity index (χ0) is 77.0. The van der Waals surface area contributed by atoms with E-state index in [0.29, 0.717) is 36.9 Å². The standard InChI is InChI=1S/C75H115F3N10O15/c1-15-48(8)66(58(101-13)43-62(93)87-40-24-29-56(87)68(102-14)50(10)57(90)41-49(9)67(94)53-25-18-16-19-26-53)85(11)72(98)64(46(4)5)84-71(97)65(47(6)7)86(12)74(100)103-44-52-33-31-51(32-34-52)42-54(89)27-22-37-80-69(95)55(28-23-38-81-73(79)99)82-70(96)63(45(2)3)83-59(75(76,77)78)30-20-17-21-39-88-60(91)35-36-61(88)92/h16,18-19,25-26,31-36,45-50,55-56,58-59,63-68,83,94H,15,17,20-24,27-30,37-44H2,1-14H3,(H,80,95)(H,82,96)(H,84,97)(H3,79,81,99)/t48-,49-,50-,55-,56-,58+,59-,63-,64-,65-,66-,67+,68+/m0/s1. The number of unbranched alkanes of at least 4 members (excludes halogenated alkanes) is 2. The Morgan fingerprint density at radius 2 is 1.32 bits per heavy atom. The Labute approximate surface area is 605 Å². The second-order valence-corrected chi connectivity index (χ2v) is 28.6. The van der Waals surface area contributed by atoms with E-state index < -0.39 is 144 Å². The number of nitrogens with two attached hydrogens (primary N) is 1. The summed E-state index contributed by atoms with van der Waals surface area (Å²) >= 11 is 0. The van der Waals surface area contributed by atoms with Crippen LogP contribution < -0.4 is 32.3 Å². The van der Waals surface area contributed by atoms with Gasteiger partial charge in [-0.3, -0.25) is 58.3 Å². The van der Waals surface area contributed by atoms with Gasteiger partial charge in [0, 0.05) is 91.8 Å². The van der Waals surface area contributed by atoms with E-state index in [-0.39, 0.29) is 120 Å². The van der Waals surface area contributed by atoms with Gasteiger partial charge in [-0.25, -0.2) is 9.59 Å². The third kappa shape index (κ3) is 27.0. The molecule has 0 aliphatic carbocycles. The van der Waals surface area contributed by atoms with Gasteiger partial charge in [0.05, 0.1) is 42.9 Å². The van der Waals surface area contributed by atoms with E-state index in [1.807, 2.05) is 51.1 Å². The number of rotatable bonds is 45. The third-order valence-corrected chi connectivity index (χ3v) is 19.7. The molecule has 28 heteroatoms. The number of amides is 10. The molecule has 0 spiro atoms. The van der Waals surface area contributed by atoms with Crippen LogP contribution in [0.1, 0.15) is 176 Å². The van der Waals surface area contributed by atoms with Crippen molar-refractivity contribution in [1.29, 1.82) is 0 Å². The fourth-order valence-electron chi connectivity index (χ4n) is 13.5. The molecule has 2 aliphatic rings. The van der Waals surface area contributed by atoms with E-state index in [1.54, 1.807) is 89.6 Å². The molecule has 1 saturated heterocycles. The molecule has 2 heterocycles. The number of nitrogens with one attached hydrogen (secondary N) is 5. The van der Waals surface area contributed by atoms with Gasteiger partial charge in [0.2, 0.25) is 29.5 Å².